The Kier molecular flexibility index (Phi) is 4.27. The molecule has 1 aromatic heterocycles. The number of hydrogen-bond acceptors (Lipinski definition) is 6. The standard InChI is InChI=1S/C10H14N4O4S/c1-6-12-13-9(19-6)11-10(17)14-2-3-18-5-7(14)4-8(15)16/h7H,2-5H2,1H3,(H,15,16)(H,11,13,17). The van der Waals surface area contributed by atoms with Gasteiger partial charge in [0.2, 0.25) is 5.13 Å². The Labute approximate surface area is 113 Å². The predicted molar refractivity (Wildman–Crippen MR) is 67.2 cm³/mol. The highest BCUT2D eigenvalue weighted by Gasteiger charge is 2.29. The first kappa shape index (κ1) is 13.7. The smallest absolute Gasteiger partial charge is 0.324 e. The Morgan fingerprint density at radius 2 is 2.37 bits per heavy atom. The van der Waals surface area contributed by atoms with E-state index < -0.39 is 12.0 Å². The molecule has 8 nitrogen and oxygen atoms in total. The first-order chi connectivity index (χ1) is 9.06. The molecule has 1 atom stereocenters. The van der Waals surface area contributed by atoms with Crippen LogP contribution in [-0.4, -0.2) is 58.0 Å². The Bertz CT molecular complexity index is 478. The summed E-state index contributed by atoms with van der Waals surface area (Å²) >= 11 is 1.27. The normalized spacial score (nSPS) is 19.2. The van der Waals surface area contributed by atoms with E-state index in [2.05, 4.69) is 15.5 Å². The van der Waals surface area contributed by atoms with Crippen LogP contribution in [0.5, 0.6) is 0 Å². The molecule has 0 saturated carbocycles. The second-order valence-corrected chi connectivity index (χ2v) is 5.26. The maximum atomic E-state index is 12.1. The van der Waals surface area contributed by atoms with Gasteiger partial charge in [0.25, 0.3) is 0 Å². The minimum absolute atomic E-state index is 0.136. The summed E-state index contributed by atoms with van der Waals surface area (Å²) in [6.07, 6.45) is -0.136. The van der Waals surface area contributed by atoms with Crippen molar-refractivity contribution in [2.45, 2.75) is 19.4 Å². The molecule has 2 N–H and O–H groups in total. The highest BCUT2D eigenvalue weighted by molar-refractivity contribution is 7.15. The number of carbonyl (C=O) groups excluding carboxylic acids is 1. The summed E-state index contributed by atoms with van der Waals surface area (Å²) in [4.78, 5) is 24.3. The zero-order valence-electron chi connectivity index (χ0n) is 10.3. The molecule has 1 aliphatic rings. The third-order valence-electron chi connectivity index (χ3n) is 2.64. The molecule has 19 heavy (non-hydrogen) atoms. The van der Waals surface area contributed by atoms with Crippen LogP contribution in [0.2, 0.25) is 0 Å². The van der Waals surface area contributed by atoms with Crippen molar-refractivity contribution in [3.05, 3.63) is 5.01 Å². The van der Waals surface area contributed by atoms with Crippen molar-refractivity contribution in [3.63, 3.8) is 0 Å². The SMILES string of the molecule is Cc1nnc(NC(=O)N2CCOCC2CC(=O)O)s1. The maximum absolute atomic E-state index is 12.1. The van der Waals surface area contributed by atoms with Crippen LogP contribution in [0.1, 0.15) is 11.4 Å². The quantitative estimate of drug-likeness (QED) is 0.841. The first-order valence-electron chi connectivity index (χ1n) is 5.73. The van der Waals surface area contributed by atoms with E-state index >= 15 is 0 Å². The number of nitrogens with zero attached hydrogens (tertiary/aromatic N) is 3. The number of nitrogens with one attached hydrogen (secondary N) is 1. The number of ether oxygens (including phenoxy) is 1. The van der Waals surface area contributed by atoms with Gasteiger partial charge in [-0.25, -0.2) is 4.79 Å². The first-order valence-corrected chi connectivity index (χ1v) is 6.55. The number of carboxylic acid groups (broad SMARTS) is 1. The molecule has 0 aliphatic carbocycles. The number of aliphatic carboxylic acids is 1. The van der Waals surface area contributed by atoms with Crippen molar-refractivity contribution in [3.8, 4) is 0 Å². The lowest BCUT2D eigenvalue weighted by molar-refractivity contribution is -0.139. The van der Waals surface area contributed by atoms with Gasteiger partial charge in [-0.15, -0.1) is 10.2 Å². The monoisotopic (exact) mass is 286 g/mol. The van der Waals surface area contributed by atoms with E-state index in [1.807, 2.05) is 0 Å². The van der Waals surface area contributed by atoms with Gasteiger partial charge in [-0.05, 0) is 6.92 Å². The molecule has 104 valence electrons. The Morgan fingerprint density at radius 1 is 1.58 bits per heavy atom. The van der Waals surface area contributed by atoms with Crippen LogP contribution in [0.25, 0.3) is 0 Å². The minimum Gasteiger partial charge on any atom is -0.481 e. The highest BCUT2D eigenvalue weighted by Crippen LogP contribution is 2.17. The van der Waals surface area contributed by atoms with Crippen LogP contribution < -0.4 is 5.32 Å². The number of hydrogen-bond donors (Lipinski definition) is 2. The lowest BCUT2D eigenvalue weighted by atomic mass is 10.1. The largest absolute Gasteiger partial charge is 0.481 e. The van der Waals surface area contributed by atoms with E-state index in [4.69, 9.17) is 9.84 Å². The molecule has 0 radical (unpaired) electrons. The van der Waals surface area contributed by atoms with Crippen LogP contribution >= 0.6 is 11.3 Å². The molecule has 2 heterocycles. The number of carboxylic acids is 1. The van der Waals surface area contributed by atoms with Crippen molar-refractivity contribution < 1.29 is 19.4 Å². The van der Waals surface area contributed by atoms with Crippen LogP contribution in [-0.2, 0) is 9.53 Å². The van der Waals surface area contributed by atoms with Crippen molar-refractivity contribution in [2.75, 3.05) is 25.1 Å². The molecule has 0 aromatic carbocycles. The summed E-state index contributed by atoms with van der Waals surface area (Å²) in [6.45, 7) is 2.78. The van der Waals surface area contributed by atoms with Crippen LogP contribution in [0.15, 0.2) is 0 Å². The fourth-order valence-electron chi connectivity index (χ4n) is 1.80. The molecule has 1 unspecified atom stereocenters. The summed E-state index contributed by atoms with van der Waals surface area (Å²) in [5, 5.41) is 20.2. The van der Waals surface area contributed by atoms with Gasteiger partial charge in [0, 0.05) is 6.54 Å². The second-order valence-electron chi connectivity index (χ2n) is 4.08. The van der Waals surface area contributed by atoms with Gasteiger partial charge in [0.1, 0.15) is 5.01 Å². The maximum Gasteiger partial charge on any atom is 0.324 e. The van der Waals surface area contributed by atoms with Gasteiger partial charge in [-0.2, -0.15) is 0 Å². The molecular formula is C10H14N4O4S. The number of anilines is 1. The Hall–Kier alpha value is -1.74. The van der Waals surface area contributed by atoms with Gasteiger partial charge in [-0.1, -0.05) is 11.3 Å². The van der Waals surface area contributed by atoms with Gasteiger partial charge < -0.3 is 14.7 Å². The number of carbonyl (C=O) groups is 2. The zero-order valence-corrected chi connectivity index (χ0v) is 11.1. The van der Waals surface area contributed by atoms with E-state index in [0.717, 1.165) is 5.01 Å². The predicted octanol–water partition coefficient (Wildman–Crippen LogP) is 0.554. The van der Waals surface area contributed by atoms with Crippen molar-refractivity contribution >= 4 is 28.5 Å². The summed E-state index contributed by atoms with van der Waals surface area (Å²) < 4.78 is 5.21. The molecule has 1 aliphatic heterocycles. The highest BCUT2D eigenvalue weighted by atomic mass is 32.1. The van der Waals surface area contributed by atoms with Crippen molar-refractivity contribution in [1.82, 2.24) is 15.1 Å². The number of aryl methyl sites for hydroxylation is 1. The number of rotatable bonds is 3. The van der Waals surface area contributed by atoms with Gasteiger partial charge in [0.15, 0.2) is 0 Å². The third kappa shape index (κ3) is 3.61. The fraction of sp³-hybridized carbons (Fsp3) is 0.600. The van der Waals surface area contributed by atoms with Gasteiger partial charge in [0.05, 0.1) is 25.7 Å². The number of amides is 2. The van der Waals surface area contributed by atoms with E-state index in [1.54, 1.807) is 6.92 Å². The van der Waals surface area contributed by atoms with Gasteiger partial charge in [-0.3, -0.25) is 10.1 Å². The lowest BCUT2D eigenvalue weighted by Crippen LogP contribution is -2.51. The Morgan fingerprint density at radius 3 is 3.00 bits per heavy atom. The molecule has 1 fully saturated rings. The summed E-state index contributed by atoms with van der Waals surface area (Å²) in [6, 6.07) is -0.828. The van der Waals surface area contributed by atoms with E-state index in [9.17, 15) is 9.59 Å². The third-order valence-corrected chi connectivity index (χ3v) is 3.39. The summed E-state index contributed by atoms with van der Waals surface area (Å²) in [7, 11) is 0. The molecule has 1 saturated heterocycles. The average molecular weight is 286 g/mol. The van der Waals surface area contributed by atoms with E-state index in [-0.39, 0.29) is 19.1 Å². The molecule has 2 amide bonds. The average Bonchev–Trinajstić information content (AvgIpc) is 2.74. The van der Waals surface area contributed by atoms with Crippen LogP contribution in [0, 0.1) is 6.92 Å². The topological polar surface area (TPSA) is 105 Å². The number of aromatic nitrogens is 2. The lowest BCUT2D eigenvalue weighted by Gasteiger charge is -2.34. The van der Waals surface area contributed by atoms with E-state index in [0.29, 0.717) is 18.3 Å². The molecule has 0 spiro atoms. The molecule has 9 heteroatoms. The molecular weight excluding hydrogens is 272 g/mol. The van der Waals surface area contributed by atoms with Crippen LogP contribution in [0.4, 0.5) is 9.93 Å². The minimum atomic E-state index is -0.958. The number of urea groups is 1. The summed E-state index contributed by atoms with van der Waals surface area (Å²) in [5.74, 6) is -0.958. The second kappa shape index (κ2) is 5.93. The van der Waals surface area contributed by atoms with Crippen LogP contribution in [0.3, 0.4) is 0 Å². The zero-order chi connectivity index (χ0) is 13.8. The fourth-order valence-corrected chi connectivity index (χ4v) is 2.38. The van der Waals surface area contributed by atoms with Gasteiger partial charge >= 0.3 is 12.0 Å². The number of morpholine rings is 1. The van der Waals surface area contributed by atoms with Crippen molar-refractivity contribution in [1.29, 1.82) is 0 Å². The molecule has 1 aromatic rings. The summed E-state index contributed by atoms with van der Waals surface area (Å²) in [5.41, 5.74) is 0. The Balaban J connectivity index is 2.00. The molecule has 0 bridgehead atoms. The van der Waals surface area contributed by atoms with Crippen molar-refractivity contribution in [2.24, 2.45) is 0 Å². The molecule has 2 rings (SSSR count). The van der Waals surface area contributed by atoms with E-state index in [1.165, 1.54) is 16.2 Å².